The maximum absolute atomic E-state index is 6.15. The van der Waals surface area contributed by atoms with Crippen molar-refractivity contribution in [2.24, 2.45) is 0 Å². The van der Waals surface area contributed by atoms with Crippen molar-refractivity contribution in [1.29, 1.82) is 0 Å². The number of nitrogen functional groups attached to an aromatic ring is 1. The smallest absolute Gasteiger partial charge is 0.150 e. The van der Waals surface area contributed by atoms with Crippen LogP contribution in [0.25, 0.3) is 21.8 Å². The number of nitrogens with zero attached hydrogens (tertiary/aromatic N) is 2. The Morgan fingerprint density at radius 2 is 1.52 bits per heavy atom. The van der Waals surface area contributed by atoms with Crippen LogP contribution in [0.15, 0.2) is 54.7 Å². The van der Waals surface area contributed by atoms with Crippen LogP contribution >= 0.6 is 0 Å². The zero-order valence-corrected chi connectivity index (χ0v) is 16.0. The fourth-order valence-electron chi connectivity index (χ4n) is 3.65. The molecule has 0 amide bonds. The van der Waals surface area contributed by atoms with Gasteiger partial charge in [0.05, 0.1) is 5.52 Å². The van der Waals surface area contributed by atoms with Crippen LogP contribution in [-0.4, -0.2) is 9.97 Å². The van der Waals surface area contributed by atoms with Crippen LogP contribution < -0.4 is 5.73 Å². The molecule has 3 heteroatoms. The molecule has 0 saturated carbocycles. The second kappa shape index (κ2) is 7.36. The fraction of sp³-hybridized carbons (Fsp3) is 0.250. The van der Waals surface area contributed by atoms with Gasteiger partial charge in [0.25, 0.3) is 0 Å². The molecule has 4 rings (SSSR count). The molecule has 0 atom stereocenters. The second-order valence-corrected chi connectivity index (χ2v) is 7.32. The van der Waals surface area contributed by atoms with Crippen molar-refractivity contribution in [3.8, 4) is 0 Å². The zero-order chi connectivity index (χ0) is 18.8. The summed E-state index contributed by atoms with van der Waals surface area (Å²) in [5, 5.41) is 2.20. The first-order valence-corrected chi connectivity index (χ1v) is 9.66. The topological polar surface area (TPSA) is 51.8 Å². The normalized spacial score (nSPS) is 11.3. The number of benzene rings is 2. The van der Waals surface area contributed by atoms with Crippen molar-refractivity contribution in [3.05, 3.63) is 77.0 Å². The third kappa shape index (κ3) is 3.63. The van der Waals surface area contributed by atoms with E-state index >= 15 is 0 Å². The van der Waals surface area contributed by atoms with E-state index < -0.39 is 0 Å². The predicted octanol–water partition coefficient (Wildman–Crippen LogP) is 5.41. The summed E-state index contributed by atoms with van der Waals surface area (Å²) < 4.78 is 0. The Labute approximate surface area is 160 Å². The summed E-state index contributed by atoms with van der Waals surface area (Å²) in [6.07, 6.45) is 6.25. The van der Waals surface area contributed by atoms with E-state index in [-0.39, 0.29) is 0 Å². The van der Waals surface area contributed by atoms with Crippen LogP contribution in [0.2, 0.25) is 0 Å². The number of rotatable bonds is 5. The van der Waals surface area contributed by atoms with E-state index in [9.17, 15) is 0 Å². The Morgan fingerprint density at radius 1 is 0.815 bits per heavy atom. The van der Waals surface area contributed by atoms with Crippen molar-refractivity contribution >= 4 is 27.6 Å². The van der Waals surface area contributed by atoms with E-state index in [1.165, 1.54) is 28.7 Å². The number of aromatic nitrogens is 2. The molecule has 0 aliphatic carbocycles. The van der Waals surface area contributed by atoms with E-state index in [2.05, 4.69) is 72.3 Å². The second-order valence-electron chi connectivity index (χ2n) is 7.32. The third-order valence-corrected chi connectivity index (χ3v) is 5.14. The molecule has 0 radical (unpaired) electrons. The van der Waals surface area contributed by atoms with Gasteiger partial charge in [-0.1, -0.05) is 49.7 Å². The highest BCUT2D eigenvalue weighted by atomic mass is 14.9. The van der Waals surface area contributed by atoms with Gasteiger partial charge in [-0.25, -0.2) is 4.98 Å². The fourth-order valence-corrected chi connectivity index (χ4v) is 3.65. The number of hydrogen-bond donors (Lipinski definition) is 1. The van der Waals surface area contributed by atoms with Crippen molar-refractivity contribution in [3.63, 3.8) is 0 Å². The minimum atomic E-state index is 0.501. The van der Waals surface area contributed by atoms with Gasteiger partial charge >= 0.3 is 0 Å². The molecule has 0 saturated heterocycles. The van der Waals surface area contributed by atoms with Crippen LogP contribution in [0, 0.1) is 6.92 Å². The average molecular weight is 355 g/mol. The summed E-state index contributed by atoms with van der Waals surface area (Å²) in [6.45, 7) is 4.29. The lowest BCUT2D eigenvalue weighted by molar-refractivity contribution is 0.913. The number of aryl methyl sites for hydroxylation is 4. The standard InChI is InChI=1S/C24H25N3/c1-3-4-17-6-8-18(9-7-17)10-11-19-14-21-20-12-5-16(2)13-22(20)27-24(25)23(21)26-15-19/h5-9,12-15H,3-4,10-11H2,1-2H3,(H2,25,27). The summed E-state index contributed by atoms with van der Waals surface area (Å²) in [4.78, 5) is 9.14. The van der Waals surface area contributed by atoms with Crippen molar-refractivity contribution in [1.82, 2.24) is 9.97 Å². The van der Waals surface area contributed by atoms with Gasteiger partial charge in [0.1, 0.15) is 5.52 Å². The van der Waals surface area contributed by atoms with Crippen molar-refractivity contribution in [2.75, 3.05) is 5.73 Å². The summed E-state index contributed by atoms with van der Waals surface area (Å²) in [5.74, 6) is 0.501. The highest BCUT2D eigenvalue weighted by Gasteiger charge is 2.09. The molecule has 4 aromatic rings. The maximum atomic E-state index is 6.15. The lowest BCUT2D eigenvalue weighted by Crippen LogP contribution is -1.98. The predicted molar refractivity (Wildman–Crippen MR) is 114 cm³/mol. The number of nitrogens with two attached hydrogens (primary N) is 1. The Morgan fingerprint density at radius 3 is 2.26 bits per heavy atom. The van der Waals surface area contributed by atoms with Gasteiger partial charge in [0, 0.05) is 17.0 Å². The molecule has 0 bridgehead atoms. The highest BCUT2D eigenvalue weighted by Crippen LogP contribution is 2.28. The molecule has 0 spiro atoms. The minimum absolute atomic E-state index is 0.501. The quantitative estimate of drug-likeness (QED) is 0.487. The average Bonchev–Trinajstić information content (AvgIpc) is 2.67. The van der Waals surface area contributed by atoms with Gasteiger partial charge in [-0.15, -0.1) is 0 Å². The van der Waals surface area contributed by atoms with E-state index in [1.807, 2.05) is 6.20 Å². The molecule has 2 aromatic heterocycles. The van der Waals surface area contributed by atoms with Crippen molar-refractivity contribution in [2.45, 2.75) is 39.5 Å². The summed E-state index contributed by atoms with van der Waals surface area (Å²) in [7, 11) is 0. The first-order chi connectivity index (χ1) is 13.1. The molecule has 2 heterocycles. The van der Waals surface area contributed by atoms with Crippen LogP contribution in [0.1, 0.15) is 35.6 Å². The minimum Gasteiger partial charge on any atom is -0.382 e. The number of hydrogen-bond acceptors (Lipinski definition) is 3. The molecule has 136 valence electrons. The van der Waals surface area contributed by atoms with Gasteiger partial charge in [-0.05, 0) is 60.6 Å². The molecular formula is C24H25N3. The van der Waals surface area contributed by atoms with Crippen LogP contribution in [0.5, 0.6) is 0 Å². The number of anilines is 1. The largest absolute Gasteiger partial charge is 0.382 e. The van der Waals surface area contributed by atoms with Crippen LogP contribution in [0.4, 0.5) is 5.82 Å². The van der Waals surface area contributed by atoms with Crippen LogP contribution in [-0.2, 0) is 19.3 Å². The van der Waals surface area contributed by atoms with Crippen LogP contribution in [0.3, 0.4) is 0 Å². The highest BCUT2D eigenvalue weighted by molar-refractivity contribution is 6.08. The zero-order valence-electron chi connectivity index (χ0n) is 16.0. The lowest BCUT2D eigenvalue weighted by Gasteiger charge is -2.09. The molecule has 2 aromatic carbocycles. The van der Waals surface area contributed by atoms with E-state index in [4.69, 9.17) is 5.73 Å². The first kappa shape index (κ1) is 17.5. The van der Waals surface area contributed by atoms with E-state index in [1.54, 1.807) is 0 Å². The summed E-state index contributed by atoms with van der Waals surface area (Å²) in [5.41, 5.74) is 13.1. The van der Waals surface area contributed by atoms with Gasteiger partial charge in [0.15, 0.2) is 5.82 Å². The van der Waals surface area contributed by atoms with Gasteiger partial charge < -0.3 is 5.73 Å². The van der Waals surface area contributed by atoms with Crippen molar-refractivity contribution < 1.29 is 0 Å². The molecular weight excluding hydrogens is 330 g/mol. The van der Waals surface area contributed by atoms with E-state index in [0.29, 0.717) is 5.82 Å². The Hall–Kier alpha value is -2.94. The number of pyridine rings is 2. The summed E-state index contributed by atoms with van der Waals surface area (Å²) in [6, 6.07) is 17.5. The molecule has 0 fully saturated rings. The third-order valence-electron chi connectivity index (χ3n) is 5.14. The Bertz CT molecular complexity index is 1100. The SMILES string of the molecule is CCCc1ccc(CCc2cnc3c(N)nc4cc(C)ccc4c3c2)cc1. The molecule has 3 nitrogen and oxygen atoms in total. The first-order valence-electron chi connectivity index (χ1n) is 9.66. The van der Waals surface area contributed by atoms with E-state index in [0.717, 1.165) is 41.1 Å². The molecule has 0 aliphatic heterocycles. The van der Waals surface area contributed by atoms with Gasteiger partial charge in [-0.2, -0.15) is 0 Å². The monoisotopic (exact) mass is 355 g/mol. The Kier molecular flexibility index (Phi) is 4.76. The lowest BCUT2D eigenvalue weighted by atomic mass is 10.0. The van der Waals surface area contributed by atoms with Gasteiger partial charge in [0.2, 0.25) is 0 Å². The maximum Gasteiger partial charge on any atom is 0.150 e. The molecule has 2 N–H and O–H groups in total. The summed E-state index contributed by atoms with van der Waals surface area (Å²) >= 11 is 0. The molecule has 0 aliphatic rings. The van der Waals surface area contributed by atoms with Gasteiger partial charge in [-0.3, -0.25) is 4.98 Å². The Balaban J connectivity index is 1.63. The molecule has 27 heavy (non-hydrogen) atoms. The molecule has 0 unspecified atom stereocenters. The number of fused-ring (bicyclic) bond motifs is 3.